The molecule has 1 amide bonds. The van der Waals surface area contributed by atoms with E-state index in [4.69, 9.17) is 0 Å². The van der Waals surface area contributed by atoms with E-state index >= 15 is 0 Å². The topological polar surface area (TPSA) is 45.5 Å². The van der Waals surface area contributed by atoms with Crippen LogP contribution >= 0.6 is 0 Å². The van der Waals surface area contributed by atoms with Crippen molar-refractivity contribution in [1.82, 2.24) is 9.47 Å². The second kappa shape index (κ2) is 6.49. The van der Waals surface area contributed by atoms with E-state index in [0.29, 0.717) is 13.0 Å². The molecule has 1 saturated carbocycles. The van der Waals surface area contributed by atoms with Gasteiger partial charge < -0.3 is 14.6 Å². The van der Waals surface area contributed by atoms with E-state index in [1.165, 1.54) is 22.9 Å². The number of nitrogens with zero attached hydrogens (tertiary/aromatic N) is 2. The first-order valence-corrected chi connectivity index (χ1v) is 9.61. The normalized spacial score (nSPS) is 26.6. The zero-order chi connectivity index (χ0) is 17.4. The fourth-order valence-corrected chi connectivity index (χ4v) is 4.69. The van der Waals surface area contributed by atoms with Crippen LogP contribution in [0.5, 0.6) is 0 Å². The molecule has 0 radical (unpaired) electrons. The Hall–Kier alpha value is -1.81. The first-order chi connectivity index (χ1) is 12.0. The second-order valence-electron chi connectivity index (χ2n) is 7.96. The molecule has 2 fully saturated rings. The summed E-state index contributed by atoms with van der Waals surface area (Å²) >= 11 is 0. The van der Waals surface area contributed by atoms with Gasteiger partial charge in [0.15, 0.2) is 0 Å². The number of carbonyl (C=O) groups is 1. The SMILES string of the molecule is Cc1ccc2c(ccn2CCC(=O)N2CC[C@]3(O)CCCC[C@H]3C2)c1. The van der Waals surface area contributed by atoms with E-state index < -0.39 is 5.60 Å². The summed E-state index contributed by atoms with van der Waals surface area (Å²) in [6.45, 7) is 4.26. The molecule has 4 heteroatoms. The van der Waals surface area contributed by atoms with Crippen LogP contribution in [0.2, 0.25) is 0 Å². The van der Waals surface area contributed by atoms with Gasteiger partial charge in [-0.1, -0.05) is 24.5 Å². The van der Waals surface area contributed by atoms with Crippen LogP contribution in [0.3, 0.4) is 0 Å². The highest BCUT2D eigenvalue weighted by molar-refractivity contribution is 5.81. The molecule has 1 saturated heterocycles. The molecule has 0 bridgehead atoms. The summed E-state index contributed by atoms with van der Waals surface area (Å²) in [5.74, 6) is 0.496. The molecule has 2 aliphatic rings. The van der Waals surface area contributed by atoms with Gasteiger partial charge in [-0.25, -0.2) is 0 Å². The number of aromatic nitrogens is 1. The van der Waals surface area contributed by atoms with E-state index in [2.05, 4.69) is 42.0 Å². The molecule has 0 unspecified atom stereocenters. The monoisotopic (exact) mass is 340 g/mol. The van der Waals surface area contributed by atoms with Crippen LogP contribution in [0.25, 0.3) is 10.9 Å². The van der Waals surface area contributed by atoms with Gasteiger partial charge in [0.05, 0.1) is 5.60 Å². The van der Waals surface area contributed by atoms with Gasteiger partial charge in [0.2, 0.25) is 5.91 Å². The van der Waals surface area contributed by atoms with E-state index in [1.54, 1.807) is 0 Å². The second-order valence-corrected chi connectivity index (χ2v) is 7.96. The van der Waals surface area contributed by atoms with Crippen LogP contribution in [0, 0.1) is 12.8 Å². The lowest BCUT2D eigenvalue weighted by molar-refractivity contribution is -0.143. The predicted octanol–water partition coefficient (Wildman–Crippen LogP) is 3.49. The van der Waals surface area contributed by atoms with Crippen molar-refractivity contribution in [3.8, 4) is 0 Å². The van der Waals surface area contributed by atoms with Gasteiger partial charge in [0, 0.05) is 43.7 Å². The van der Waals surface area contributed by atoms with Gasteiger partial charge in [0.1, 0.15) is 0 Å². The number of benzene rings is 1. The average molecular weight is 340 g/mol. The van der Waals surface area contributed by atoms with E-state index in [0.717, 1.165) is 38.8 Å². The molecule has 1 aromatic heterocycles. The molecule has 4 nitrogen and oxygen atoms in total. The first kappa shape index (κ1) is 16.6. The van der Waals surface area contributed by atoms with E-state index in [1.807, 2.05) is 4.90 Å². The maximum absolute atomic E-state index is 12.7. The Morgan fingerprint density at radius 1 is 1.28 bits per heavy atom. The quantitative estimate of drug-likeness (QED) is 0.929. The molecule has 25 heavy (non-hydrogen) atoms. The van der Waals surface area contributed by atoms with Gasteiger partial charge in [-0.15, -0.1) is 0 Å². The zero-order valence-electron chi connectivity index (χ0n) is 15.1. The largest absolute Gasteiger partial charge is 0.389 e. The summed E-state index contributed by atoms with van der Waals surface area (Å²) in [7, 11) is 0. The zero-order valence-corrected chi connectivity index (χ0v) is 15.1. The molecular weight excluding hydrogens is 312 g/mol. The lowest BCUT2D eigenvalue weighted by Crippen LogP contribution is -2.54. The third-order valence-corrected chi connectivity index (χ3v) is 6.27. The van der Waals surface area contributed by atoms with Gasteiger partial charge in [0.25, 0.3) is 0 Å². The third-order valence-electron chi connectivity index (χ3n) is 6.27. The Morgan fingerprint density at radius 3 is 3.04 bits per heavy atom. The van der Waals surface area contributed by atoms with Gasteiger partial charge in [-0.3, -0.25) is 4.79 Å². The molecule has 1 aliphatic carbocycles. The van der Waals surface area contributed by atoms with Crippen molar-refractivity contribution in [2.75, 3.05) is 13.1 Å². The maximum Gasteiger partial charge on any atom is 0.224 e. The Kier molecular flexibility index (Phi) is 4.32. The Bertz CT molecular complexity index is 781. The smallest absolute Gasteiger partial charge is 0.224 e. The molecule has 1 N–H and O–H groups in total. The molecule has 1 aromatic carbocycles. The Labute approximate surface area is 149 Å². The molecule has 2 atom stereocenters. The Balaban J connectivity index is 1.39. The number of likely N-dealkylation sites (tertiary alicyclic amines) is 1. The minimum Gasteiger partial charge on any atom is -0.389 e. The van der Waals surface area contributed by atoms with Crippen molar-refractivity contribution in [3.63, 3.8) is 0 Å². The molecule has 4 rings (SSSR count). The fourth-order valence-electron chi connectivity index (χ4n) is 4.69. The van der Waals surface area contributed by atoms with E-state index in [-0.39, 0.29) is 11.8 Å². The number of hydrogen-bond acceptors (Lipinski definition) is 2. The fraction of sp³-hybridized carbons (Fsp3) is 0.571. The minimum absolute atomic E-state index is 0.224. The van der Waals surface area contributed by atoms with Gasteiger partial charge in [-0.2, -0.15) is 0 Å². The average Bonchev–Trinajstić information content (AvgIpc) is 3.00. The molecular formula is C21H28N2O2. The predicted molar refractivity (Wildman–Crippen MR) is 99.4 cm³/mol. The first-order valence-electron chi connectivity index (χ1n) is 9.61. The highest BCUT2D eigenvalue weighted by Crippen LogP contribution is 2.39. The molecule has 1 aliphatic heterocycles. The lowest BCUT2D eigenvalue weighted by Gasteiger charge is -2.47. The van der Waals surface area contributed by atoms with Crippen molar-refractivity contribution in [1.29, 1.82) is 0 Å². The number of hydrogen-bond donors (Lipinski definition) is 1. The summed E-state index contributed by atoms with van der Waals surface area (Å²) in [6.07, 6.45) is 7.63. The number of amides is 1. The third kappa shape index (κ3) is 3.20. The van der Waals surface area contributed by atoms with Crippen molar-refractivity contribution in [2.45, 2.75) is 57.6 Å². The summed E-state index contributed by atoms with van der Waals surface area (Å²) in [6, 6.07) is 8.56. The van der Waals surface area contributed by atoms with Crippen LogP contribution in [0.15, 0.2) is 30.5 Å². The van der Waals surface area contributed by atoms with Gasteiger partial charge in [-0.05, 0) is 49.8 Å². The standard InChI is InChI=1S/C21H28N2O2/c1-16-5-6-19-17(14-16)7-11-22(19)12-8-20(24)23-13-10-21(25)9-3-2-4-18(21)15-23/h5-7,11,14,18,25H,2-4,8-10,12-13,15H2,1H3/t18-,21+/m0/s1. The maximum atomic E-state index is 12.7. The minimum atomic E-state index is -0.510. The van der Waals surface area contributed by atoms with Crippen molar-refractivity contribution >= 4 is 16.8 Å². The summed E-state index contributed by atoms with van der Waals surface area (Å²) in [5.41, 5.74) is 1.94. The summed E-state index contributed by atoms with van der Waals surface area (Å²) < 4.78 is 2.17. The highest BCUT2D eigenvalue weighted by atomic mass is 16.3. The van der Waals surface area contributed by atoms with Crippen LogP contribution in [-0.4, -0.2) is 39.2 Å². The Morgan fingerprint density at radius 2 is 2.16 bits per heavy atom. The van der Waals surface area contributed by atoms with Gasteiger partial charge >= 0.3 is 0 Å². The molecule has 0 spiro atoms. The number of carbonyl (C=O) groups excluding carboxylic acids is 1. The number of rotatable bonds is 3. The van der Waals surface area contributed by atoms with E-state index in [9.17, 15) is 9.90 Å². The van der Waals surface area contributed by atoms with Crippen molar-refractivity contribution in [3.05, 3.63) is 36.0 Å². The molecule has 2 aromatic rings. The molecule has 134 valence electrons. The van der Waals surface area contributed by atoms with Crippen molar-refractivity contribution < 1.29 is 9.90 Å². The highest BCUT2D eigenvalue weighted by Gasteiger charge is 2.43. The lowest BCUT2D eigenvalue weighted by atomic mass is 9.71. The summed E-state index contributed by atoms with van der Waals surface area (Å²) in [4.78, 5) is 14.7. The number of fused-ring (bicyclic) bond motifs is 2. The van der Waals surface area contributed by atoms with Crippen molar-refractivity contribution in [2.24, 2.45) is 5.92 Å². The molecule has 2 heterocycles. The van der Waals surface area contributed by atoms with Crippen LogP contribution in [0.4, 0.5) is 0 Å². The van der Waals surface area contributed by atoms with Crippen LogP contribution < -0.4 is 0 Å². The van der Waals surface area contributed by atoms with Crippen LogP contribution in [-0.2, 0) is 11.3 Å². The van der Waals surface area contributed by atoms with Crippen LogP contribution in [0.1, 0.15) is 44.1 Å². The number of aryl methyl sites for hydroxylation is 2. The number of piperidine rings is 1. The number of aliphatic hydroxyl groups is 1. The summed E-state index contributed by atoms with van der Waals surface area (Å²) in [5, 5.41) is 12.0.